The molecule has 1 unspecified atom stereocenters. The highest BCUT2D eigenvalue weighted by molar-refractivity contribution is 5.84. The van der Waals surface area contributed by atoms with Crippen molar-refractivity contribution in [3.05, 3.63) is 35.9 Å². The number of hydrogen-bond acceptors (Lipinski definition) is 3. The molecule has 15 heavy (non-hydrogen) atoms. The average molecular weight is 206 g/mol. The van der Waals surface area contributed by atoms with E-state index >= 15 is 0 Å². The summed E-state index contributed by atoms with van der Waals surface area (Å²) in [6.45, 7) is 1.57. The lowest BCUT2D eigenvalue weighted by Gasteiger charge is -2.25. The first-order valence-corrected chi connectivity index (χ1v) is 4.43. The highest BCUT2D eigenvalue weighted by Gasteiger charge is 2.36. The van der Waals surface area contributed by atoms with Crippen LogP contribution in [0.1, 0.15) is 12.5 Å². The van der Waals surface area contributed by atoms with Gasteiger partial charge in [-0.2, -0.15) is 0 Å². The van der Waals surface area contributed by atoms with Gasteiger partial charge in [0.2, 0.25) is 0 Å². The summed E-state index contributed by atoms with van der Waals surface area (Å²) < 4.78 is 4.64. The van der Waals surface area contributed by atoms with Crippen LogP contribution in [-0.2, 0) is 19.9 Å². The smallest absolute Gasteiger partial charge is 0.336 e. The van der Waals surface area contributed by atoms with Gasteiger partial charge in [0, 0.05) is 0 Å². The molecule has 0 aliphatic rings. The summed E-state index contributed by atoms with van der Waals surface area (Å²) in [5, 5.41) is 2.35. The maximum atomic E-state index is 11.6. The molecule has 0 spiro atoms. The molecule has 0 aromatic heterocycles. The molecule has 1 rings (SSSR count). The molecule has 79 valence electrons. The second-order valence-corrected chi connectivity index (χ2v) is 3.21. The van der Waals surface area contributed by atoms with Crippen molar-refractivity contribution in [3.8, 4) is 0 Å². The Hall–Kier alpha value is -1.84. The number of rotatable bonds is 4. The highest BCUT2D eigenvalue weighted by atomic mass is 16.5. The lowest BCUT2D eigenvalue weighted by atomic mass is 9.92. The third-order valence-corrected chi connectivity index (χ3v) is 2.25. The van der Waals surface area contributed by atoms with Crippen molar-refractivity contribution < 1.29 is 14.3 Å². The topological polar surface area (TPSA) is 55.4 Å². The average Bonchev–Trinajstić information content (AvgIpc) is 2.29. The minimum Gasteiger partial charge on any atom is -0.467 e. The van der Waals surface area contributed by atoms with Gasteiger partial charge in [-0.15, -0.1) is 0 Å². The van der Waals surface area contributed by atoms with E-state index in [9.17, 15) is 9.59 Å². The molecule has 1 radical (unpaired) electrons. The van der Waals surface area contributed by atoms with E-state index < -0.39 is 11.5 Å². The van der Waals surface area contributed by atoms with Crippen molar-refractivity contribution in [1.82, 2.24) is 5.32 Å². The zero-order chi connectivity index (χ0) is 11.3. The van der Waals surface area contributed by atoms with Crippen LogP contribution in [0.5, 0.6) is 0 Å². The number of amides is 1. The fourth-order valence-electron chi connectivity index (χ4n) is 1.32. The molecule has 4 nitrogen and oxygen atoms in total. The molecule has 0 fully saturated rings. The molecule has 0 heterocycles. The maximum absolute atomic E-state index is 11.6. The quantitative estimate of drug-likeness (QED) is 0.583. The summed E-state index contributed by atoms with van der Waals surface area (Å²) in [4.78, 5) is 21.9. The summed E-state index contributed by atoms with van der Waals surface area (Å²) in [5.74, 6) is -0.531. The SMILES string of the molecule is COC(=O)C(C)(N[C]=O)c1ccccc1. The van der Waals surface area contributed by atoms with Gasteiger partial charge in [0.25, 0.3) is 0 Å². The van der Waals surface area contributed by atoms with Crippen LogP contribution in [0.15, 0.2) is 30.3 Å². The Morgan fingerprint density at radius 3 is 2.47 bits per heavy atom. The minimum atomic E-state index is -1.18. The van der Waals surface area contributed by atoms with Crippen molar-refractivity contribution in [2.24, 2.45) is 0 Å². The van der Waals surface area contributed by atoms with Gasteiger partial charge in [-0.05, 0) is 12.5 Å². The molecule has 0 aliphatic carbocycles. The van der Waals surface area contributed by atoms with Gasteiger partial charge >= 0.3 is 12.4 Å². The van der Waals surface area contributed by atoms with E-state index in [1.165, 1.54) is 13.5 Å². The van der Waals surface area contributed by atoms with Crippen molar-refractivity contribution in [2.75, 3.05) is 7.11 Å². The Labute approximate surface area is 88.2 Å². The van der Waals surface area contributed by atoms with E-state index in [2.05, 4.69) is 10.1 Å². The summed E-state index contributed by atoms with van der Waals surface area (Å²) in [6.07, 6.45) is 1.52. The van der Waals surface area contributed by atoms with Gasteiger partial charge < -0.3 is 10.1 Å². The number of methoxy groups -OCH3 is 1. The van der Waals surface area contributed by atoms with Crippen LogP contribution in [0.25, 0.3) is 0 Å². The van der Waals surface area contributed by atoms with Crippen LogP contribution in [0.4, 0.5) is 0 Å². The van der Waals surface area contributed by atoms with Crippen molar-refractivity contribution in [2.45, 2.75) is 12.5 Å². The van der Waals surface area contributed by atoms with E-state index in [1.807, 2.05) is 6.07 Å². The Kier molecular flexibility index (Phi) is 3.44. The lowest BCUT2D eigenvalue weighted by molar-refractivity contribution is -0.147. The second kappa shape index (κ2) is 4.59. The summed E-state index contributed by atoms with van der Waals surface area (Å²) >= 11 is 0. The summed E-state index contributed by atoms with van der Waals surface area (Å²) in [5.41, 5.74) is -0.530. The first-order chi connectivity index (χ1) is 7.15. The third-order valence-electron chi connectivity index (χ3n) is 2.25. The van der Waals surface area contributed by atoms with Gasteiger partial charge in [-0.1, -0.05) is 30.3 Å². The van der Waals surface area contributed by atoms with E-state index in [0.29, 0.717) is 5.56 Å². The van der Waals surface area contributed by atoms with Crippen LogP contribution in [0.3, 0.4) is 0 Å². The normalized spacial score (nSPS) is 13.7. The van der Waals surface area contributed by atoms with Gasteiger partial charge in [0.1, 0.15) is 0 Å². The fraction of sp³-hybridized carbons (Fsp3) is 0.273. The third kappa shape index (κ3) is 2.15. The predicted octanol–water partition coefficient (Wildman–Crippen LogP) is 0.732. The largest absolute Gasteiger partial charge is 0.467 e. The van der Waals surface area contributed by atoms with Crippen LogP contribution in [0, 0.1) is 0 Å². The molecule has 0 bridgehead atoms. The number of benzene rings is 1. The number of hydrogen-bond donors (Lipinski definition) is 1. The Morgan fingerprint density at radius 2 is 2.00 bits per heavy atom. The molecule has 1 amide bonds. The van der Waals surface area contributed by atoms with Crippen LogP contribution >= 0.6 is 0 Å². The minimum absolute atomic E-state index is 0.531. The van der Waals surface area contributed by atoms with E-state index in [-0.39, 0.29) is 0 Å². The number of nitrogens with one attached hydrogen (secondary N) is 1. The molecule has 0 saturated heterocycles. The number of esters is 1. The van der Waals surface area contributed by atoms with Gasteiger partial charge in [0.15, 0.2) is 5.54 Å². The first kappa shape index (κ1) is 11.2. The zero-order valence-electron chi connectivity index (χ0n) is 8.61. The summed E-state index contributed by atoms with van der Waals surface area (Å²) in [7, 11) is 1.27. The lowest BCUT2D eigenvalue weighted by Crippen LogP contribution is -2.46. The monoisotopic (exact) mass is 206 g/mol. The molecular weight excluding hydrogens is 194 g/mol. The highest BCUT2D eigenvalue weighted by Crippen LogP contribution is 2.21. The van der Waals surface area contributed by atoms with Gasteiger partial charge in [-0.25, -0.2) is 4.79 Å². The molecule has 1 aromatic rings. The molecule has 4 heteroatoms. The van der Waals surface area contributed by atoms with E-state index in [4.69, 9.17) is 0 Å². The molecule has 0 aliphatic heterocycles. The van der Waals surface area contributed by atoms with Crippen molar-refractivity contribution >= 4 is 12.4 Å². The molecule has 1 aromatic carbocycles. The zero-order valence-corrected chi connectivity index (χ0v) is 8.61. The fourth-order valence-corrected chi connectivity index (χ4v) is 1.32. The number of carbonyl (C=O) groups is 1. The number of carbonyl (C=O) groups excluding carboxylic acids is 2. The van der Waals surface area contributed by atoms with Crippen LogP contribution in [-0.4, -0.2) is 19.5 Å². The first-order valence-electron chi connectivity index (χ1n) is 4.43. The predicted molar refractivity (Wildman–Crippen MR) is 54.6 cm³/mol. The van der Waals surface area contributed by atoms with E-state index in [1.54, 1.807) is 31.2 Å². The van der Waals surface area contributed by atoms with Crippen LogP contribution < -0.4 is 5.32 Å². The standard InChI is InChI=1S/C11H12NO3/c1-11(12-8-13,10(14)15-2)9-6-4-3-5-7-9/h3-7H,1-2H3,(H,12,13). The maximum Gasteiger partial charge on any atom is 0.336 e. The molecule has 0 saturated carbocycles. The van der Waals surface area contributed by atoms with Gasteiger partial charge in [-0.3, -0.25) is 4.79 Å². The van der Waals surface area contributed by atoms with E-state index in [0.717, 1.165) is 0 Å². The van der Waals surface area contributed by atoms with Gasteiger partial charge in [0.05, 0.1) is 7.11 Å². The Balaban J connectivity index is 3.12. The second-order valence-electron chi connectivity index (χ2n) is 3.21. The molecule has 1 N–H and O–H groups in total. The molecule has 1 atom stereocenters. The number of ether oxygens (including phenoxy) is 1. The summed E-state index contributed by atoms with van der Waals surface area (Å²) in [6, 6.07) is 8.86. The van der Waals surface area contributed by atoms with Crippen molar-refractivity contribution in [3.63, 3.8) is 0 Å². The van der Waals surface area contributed by atoms with Crippen LogP contribution in [0.2, 0.25) is 0 Å². The van der Waals surface area contributed by atoms with Crippen molar-refractivity contribution in [1.29, 1.82) is 0 Å². The Bertz CT molecular complexity index is 350. The Morgan fingerprint density at radius 1 is 1.40 bits per heavy atom. The molecular formula is C11H12NO3.